The molecule has 0 bridgehead atoms. The lowest BCUT2D eigenvalue weighted by Crippen LogP contribution is -2.74. The summed E-state index contributed by atoms with van der Waals surface area (Å²) in [4.78, 5) is 2.19. The molecular weight excluding hydrogens is 764 g/mol. The lowest BCUT2D eigenvalue weighted by molar-refractivity contribution is 0.628. The van der Waals surface area contributed by atoms with Crippen LogP contribution in [0, 0.1) is 5.82 Å². The number of rotatable bonds is 9. The molecule has 5 heteroatoms. The molecule has 0 atom stereocenters. The molecule has 61 heavy (non-hydrogen) atoms. The maximum absolute atomic E-state index is 14.4. The maximum Gasteiger partial charge on any atom is 0.213 e. The number of fused-ring (bicyclic) bond motifs is 5. The van der Waals surface area contributed by atoms with Crippen molar-refractivity contribution in [3.63, 3.8) is 0 Å². The minimum Gasteiger partial charge on any atom is -0.437 e. The Kier molecular flexibility index (Phi) is 9.02. The lowest BCUT2D eigenvalue weighted by atomic mass is 10.0. The second-order valence-electron chi connectivity index (χ2n) is 15.4. The average molecular weight is 803 g/mol. The third kappa shape index (κ3) is 6.09. The highest BCUT2D eigenvalue weighted by Crippen LogP contribution is 2.42. The van der Waals surface area contributed by atoms with Crippen LogP contribution in [0.25, 0.3) is 50.0 Å². The molecule has 0 N–H and O–H groups in total. The second kappa shape index (κ2) is 15.1. The average Bonchev–Trinajstić information content (AvgIpc) is 3.87. The fraction of sp³-hybridized carbons (Fsp3) is 0. The van der Waals surface area contributed by atoms with Crippen molar-refractivity contribution in [2.75, 3.05) is 4.90 Å². The lowest BCUT2D eigenvalue weighted by Gasteiger charge is -2.35. The normalized spacial score (nSPS) is 11.7. The number of halogens is 1. The molecule has 290 valence electrons. The van der Waals surface area contributed by atoms with Crippen LogP contribution < -0.4 is 25.6 Å². The van der Waals surface area contributed by atoms with E-state index in [4.69, 9.17) is 4.42 Å². The van der Waals surface area contributed by atoms with E-state index in [0.29, 0.717) is 0 Å². The maximum atomic E-state index is 14.4. The number of hydrogen-bond acceptors (Lipinski definition) is 2. The molecule has 3 nitrogen and oxygen atoms in total. The number of nitrogens with zero attached hydrogens (tertiary/aromatic N) is 2. The molecule has 0 aliphatic heterocycles. The van der Waals surface area contributed by atoms with E-state index in [1.54, 1.807) is 0 Å². The van der Waals surface area contributed by atoms with Crippen LogP contribution in [0.5, 0.6) is 0 Å². The Morgan fingerprint density at radius 1 is 0.393 bits per heavy atom. The van der Waals surface area contributed by atoms with E-state index < -0.39 is 8.07 Å². The summed E-state index contributed by atoms with van der Waals surface area (Å²) >= 11 is 0. The summed E-state index contributed by atoms with van der Waals surface area (Å²) in [6.45, 7) is 0. The minimum absolute atomic E-state index is 0.273. The molecule has 0 fully saturated rings. The highest BCUT2D eigenvalue weighted by molar-refractivity contribution is 7.19. The van der Waals surface area contributed by atoms with Crippen LogP contribution in [0.4, 0.5) is 21.5 Å². The van der Waals surface area contributed by atoms with Crippen molar-refractivity contribution in [1.29, 1.82) is 0 Å². The quantitative estimate of drug-likeness (QED) is 0.107. The zero-order valence-electron chi connectivity index (χ0n) is 33.2. The van der Waals surface area contributed by atoms with Gasteiger partial charge in [0.15, 0.2) is 13.7 Å². The van der Waals surface area contributed by atoms with Crippen LogP contribution in [0.3, 0.4) is 0 Å². The molecule has 11 rings (SSSR count). The number of aromatic nitrogens is 1. The van der Waals surface area contributed by atoms with Gasteiger partial charge in [0.1, 0.15) is 5.82 Å². The standard InChI is InChI=1S/C56H39FN2OSi/c57-42-30-34-44(35-31-42)58(45-36-38-49(39-37-45)61(46-18-7-2-8-19-46,47-20-9-3-10-21-47)48-22-11-4-12-23-48)43-32-28-40(29-33-43)50-25-15-27-53-55(50)60-56-54(41-16-5-1-6-17-41)51-24-13-14-26-52(51)59(53)56/h1-39H. The van der Waals surface area contributed by atoms with Gasteiger partial charge in [-0.3, -0.25) is 4.40 Å². The van der Waals surface area contributed by atoms with Crippen LogP contribution in [0.15, 0.2) is 241 Å². The van der Waals surface area contributed by atoms with Gasteiger partial charge in [-0.05, 0) is 92.5 Å². The molecule has 0 unspecified atom stereocenters. The van der Waals surface area contributed by atoms with Crippen molar-refractivity contribution in [2.45, 2.75) is 0 Å². The summed E-state index contributed by atoms with van der Waals surface area (Å²) in [6, 6.07) is 82.5. The first-order valence-corrected chi connectivity index (χ1v) is 22.6. The molecule has 2 aromatic heterocycles. The van der Waals surface area contributed by atoms with Gasteiger partial charge >= 0.3 is 0 Å². The minimum atomic E-state index is -2.72. The number of para-hydroxylation sites is 2. The zero-order valence-corrected chi connectivity index (χ0v) is 34.2. The summed E-state index contributed by atoms with van der Waals surface area (Å²) < 4.78 is 23.6. The monoisotopic (exact) mass is 802 g/mol. The molecule has 2 heterocycles. The van der Waals surface area contributed by atoms with Gasteiger partial charge in [-0.2, -0.15) is 0 Å². The van der Waals surface area contributed by atoms with Gasteiger partial charge in [0, 0.05) is 28.0 Å². The van der Waals surface area contributed by atoms with E-state index in [1.165, 1.54) is 32.9 Å². The second-order valence-corrected chi connectivity index (χ2v) is 19.2. The Balaban J connectivity index is 1.03. The van der Waals surface area contributed by atoms with E-state index in [-0.39, 0.29) is 5.82 Å². The van der Waals surface area contributed by atoms with Gasteiger partial charge < -0.3 is 9.32 Å². The van der Waals surface area contributed by atoms with Crippen LogP contribution in [-0.4, -0.2) is 12.5 Å². The van der Waals surface area contributed by atoms with Crippen molar-refractivity contribution < 1.29 is 8.81 Å². The zero-order chi connectivity index (χ0) is 40.8. The number of benzene rings is 9. The van der Waals surface area contributed by atoms with Crippen molar-refractivity contribution in [3.05, 3.63) is 242 Å². The first-order chi connectivity index (χ1) is 30.2. The van der Waals surface area contributed by atoms with E-state index in [2.05, 4.69) is 216 Å². The summed E-state index contributed by atoms with van der Waals surface area (Å²) in [7, 11) is -2.72. The molecule has 0 spiro atoms. The third-order valence-electron chi connectivity index (χ3n) is 12.0. The molecule has 0 saturated carbocycles. The first-order valence-electron chi connectivity index (χ1n) is 20.6. The summed E-state index contributed by atoms with van der Waals surface area (Å²) in [5.41, 5.74) is 10.8. The van der Waals surface area contributed by atoms with Crippen LogP contribution in [0.2, 0.25) is 0 Å². The van der Waals surface area contributed by atoms with Crippen LogP contribution in [-0.2, 0) is 0 Å². The summed E-state index contributed by atoms with van der Waals surface area (Å²) in [6.07, 6.45) is 0. The van der Waals surface area contributed by atoms with Gasteiger partial charge in [0.2, 0.25) is 5.71 Å². The Morgan fingerprint density at radius 3 is 1.43 bits per heavy atom. The highest BCUT2D eigenvalue weighted by atomic mass is 28.3. The van der Waals surface area contributed by atoms with Crippen molar-refractivity contribution >= 4 is 73.6 Å². The number of hydrogen-bond donors (Lipinski definition) is 0. The Bertz CT molecular complexity index is 3180. The molecule has 0 radical (unpaired) electrons. The smallest absolute Gasteiger partial charge is 0.213 e. The molecular formula is C56H39FN2OSi. The van der Waals surface area contributed by atoms with Crippen LogP contribution in [0.1, 0.15) is 0 Å². The Labute approximate surface area is 354 Å². The van der Waals surface area contributed by atoms with E-state index >= 15 is 0 Å². The van der Waals surface area contributed by atoms with Crippen molar-refractivity contribution in [3.8, 4) is 22.3 Å². The largest absolute Gasteiger partial charge is 0.437 e. The molecule has 0 aliphatic rings. The van der Waals surface area contributed by atoms with Gasteiger partial charge in [-0.25, -0.2) is 4.39 Å². The Morgan fingerprint density at radius 2 is 0.852 bits per heavy atom. The van der Waals surface area contributed by atoms with E-state index in [9.17, 15) is 4.39 Å². The SMILES string of the molecule is Fc1ccc(N(c2ccc(-c3cccc4c3oc3c(-c5ccccc5)c5ccccc5n34)cc2)c2ccc([Si](c3ccccc3)(c3ccccc3)c3ccccc3)cc2)cc1. The fourth-order valence-electron chi connectivity index (χ4n) is 9.32. The number of anilines is 3. The predicted molar refractivity (Wildman–Crippen MR) is 254 cm³/mol. The van der Waals surface area contributed by atoms with Crippen LogP contribution >= 0.6 is 0 Å². The third-order valence-corrected chi connectivity index (χ3v) is 16.8. The molecule has 0 saturated heterocycles. The predicted octanol–water partition coefficient (Wildman–Crippen LogP) is 12.2. The first kappa shape index (κ1) is 36.4. The van der Waals surface area contributed by atoms with Crippen molar-refractivity contribution in [2.24, 2.45) is 0 Å². The van der Waals surface area contributed by atoms with Gasteiger partial charge in [-0.1, -0.05) is 176 Å². The summed E-state index contributed by atoms with van der Waals surface area (Å²) in [5.74, 6) is -0.273. The molecule has 9 aromatic carbocycles. The molecule has 0 amide bonds. The topological polar surface area (TPSA) is 20.8 Å². The van der Waals surface area contributed by atoms with Gasteiger partial charge in [-0.15, -0.1) is 0 Å². The Hall–Kier alpha value is -7.73. The van der Waals surface area contributed by atoms with Gasteiger partial charge in [0.05, 0.1) is 16.6 Å². The highest BCUT2D eigenvalue weighted by Gasteiger charge is 2.41. The summed E-state index contributed by atoms with van der Waals surface area (Å²) in [5, 5.41) is 6.39. The van der Waals surface area contributed by atoms with Gasteiger partial charge in [0.25, 0.3) is 0 Å². The van der Waals surface area contributed by atoms with E-state index in [1.807, 2.05) is 18.2 Å². The van der Waals surface area contributed by atoms with Crippen molar-refractivity contribution in [1.82, 2.24) is 4.40 Å². The molecule has 11 aromatic rings. The molecule has 0 aliphatic carbocycles. The fourth-order valence-corrected chi connectivity index (χ4v) is 14.1. The van der Waals surface area contributed by atoms with E-state index in [0.717, 1.165) is 67.0 Å². The number of oxazole rings is 1.